The Morgan fingerprint density at radius 2 is 1.78 bits per heavy atom. The summed E-state index contributed by atoms with van der Waals surface area (Å²) in [6.07, 6.45) is -2.84. The largest absolute Gasteiger partial charge is 0.598 e. The quantitative estimate of drug-likeness (QED) is 0.859. The molecule has 0 fully saturated rings. The summed E-state index contributed by atoms with van der Waals surface area (Å²) in [6, 6.07) is 3.68. The molecule has 1 rings (SSSR count). The molecule has 1 N–H and O–H groups in total. The maximum absolute atomic E-state index is 13.5. The summed E-state index contributed by atoms with van der Waals surface area (Å²) in [5.41, 5.74) is -0.176. The smallest absolute Gasteiger partial charge is 0.262 e. The summed E-state index contributed by atoms with van der Waals surface area (Å²) in [5, 5.41) is 0. The molecule has 0 saturated heterocycles. The Labute approximate surface area is 108 Å². The van der Waals surface area contributed by atoms with Crippen molar-refractivity contribution in [3.8, 4) is 0 Å². The van der Waals surface area contributed by atoms with E-state index in [1.54, 1.807) is 20.8 Å². The lowest BCUT2D eigenvalue weighted by Gasteiger charge is -2.27. The van der Waals surface area contributed by atoms with Gasteiger partial charge in [-0.1, -0.05) is 18.2 Å². The van der Waals surface area contributed by atoms with E-state index in [4.69, 9.17) is 0 Å². The molecular weight excluding hydrogens is 263 g/mol. The molecule has 0 saturated carbocycles. The van der Waals surface area contributed by atoms with E-state index in [0.717, 1.165) is 6.07 Å². The second-order valence-corrected chi connectivity index (χ2v) is 6.83. The molecular formula is C12H16F3NOS. The molecule has 0 aromatic heterocycles. The van der Waals surface area contributed by atoms with Gasteiger partial charge < -0.3 is 4.55 Å². The highest BCUT2D eigenvalue weighted by molar-refractivity contribution is 7.90. The molecule has 0 aliphatic rings. The van der Waals surface area contributed by atoms with Crippen molar-refractivity contribution in [1.82, 2.24) is 4.72 Å². The van der Waals surface area contributed by atoms with Crippen LogP contribution in [0.25, 0.3) is 0 Å². The van der Waals surface area contributed by atoms with Crippen LogP contribution in [0.3, 0.4) is 0 Å². The fraction of sp³-hybridized carbons (Fsp3) is 0.500. The van der Waals surface area contributed by atoms with E-state index in [1.165, 1.54) is 18.2 Å². The van der Waals surface area contributed by atoms with Gasteiger partial charge in [0.05, 0.1) is 0 Å². The lowest BCUT2D eigenvalue weighted by molar-refractivity contribution is 0.107. The first kappa shape index (κ1) is 15.3. The molecule has 1 aromatic rings. The Bertz CT molecular complexity index is 395. The fourth-order valence-electron chi connectivity index (χ4n) is 1.27. The molecule has 1 aromatic carbocycles. The molecule has 2 atom stereocenters. The van der Waals surface area contributed by atoms with Crippen LogP contribution in [0.15, 0.2) is 24.3 Å². The normalized spacial score (nSPS) is 15.8. The molecule has 18 heavy (non-hydrogen) atoms. The first-order chi connectivity index (χ1) is 8.23. The zero-order valence-corrected chi connectivity index (χ0v) is 11.2. The van der Waals surface area contributed by atoms with Crippen molar-refractivity contribution >= 4 is 11.4 Å². The van der Waals surface area contributed by atoms with Crippen LogP contribution in [0.4, 0.5) is 13.2 Å². The third-order valence-corrected chi connectivity index (χ3v) is 3.86. The van der Waals surface area contributed by atoms with Gasteiger partial charge in [-0.15, -0.1) is 4.72 Å². The van der Waals surface area contributed by atoms with Gasteiger partial charge in [0.2, 0.25) is 0 Å². The monoisotopic (exact) mass is 279 g/mol. The molecule has 0 bridgehead atoms. The minimum absolute atomic E-state index is 0.176. The summed E-state index contributed by atoms with van der Waals surface area (Å²) >= 11 is -1.69. The standard InChI is InChI=1S/C12H16F3NOS/c1-12(2,3)18(17)16-10(11(14)15)8-6-4-5-7-9(8)13/h4-7,10-11,16H,1-3H3/t10-,18+/m0/s1. The average Bonchev–Trinajstić information content (AvgIpc) is 2.25. The first-order valence-electron chi connectivity index (χ1n) is 5.44. The summed E-state index contributed by atoms with van der Waals surface area (Å²) in [6.45, 7) is 4.96. The molecule has 0 aliphatic heterocycles. The van der Waals surface area contributed by atoms with Crippen LogP contribution in [0.1, 0.15) is 32.4 Å². The number of hydrogen-bond donors (Lipinski definition) is 1. The SMILES string of the molecule is CC(C)(C)[S@@+]([O-])N[C@@H](c1ccccc1F)C(F)F. The highest BCUT2D eigenvalue weighted by atomic mass is 32.2. The highest BCUT2D eigenvalue weighted by Gasteiger charge is 2.35. The van der Waals surface area contributed by atoms with E-state index < -0.39 is 34.4 Å². The van der Waals surface area contributed by atoms with Crippen LogP contribution in [0.2, 0.25) is 0 Å². The van der Waals surface area contributed by atoms with Crippen molar-refractivity contribution in [3.63, 3.8) is 0 Å². The third kappa shape index (κ3) is 3.90. The van der Waals surface area contributed by atoms with Crippen molar-refractivity contribution < 1.29 is 17.7 Å². The van der Waals surface area contributed by atoms with Crippen LogP contribution < -0.4 is 4.72 Å². The predicted octanol–water partition coefficient (Wildman–Crippen LogP) is 3.18. The highest BCUT2D eigenvalue weighted by Crippen LogP contribution is 2.26. The Hall–Kier alpha value is -0.720. The van der Waals surface area contributed by atoms with Gasteiger partial charge in [-0.2, -0.15) is 0 Å². The Morgan fingerprint density at radius 3 is 2.22 bits per heavy atom. The van der Waals surface area contributed by atoms with Crippen molar-refractivity contribution in [2.24, 2.45) is 0 Å². The molecule has 0 aliphatic carbocycles. The van der Waals surface area contributed by atoms with Gasteiger partial charge in [-0.25, -0.2) is 13.2 Å². The van der Waals surface area contributed by atoms with E-state index in [2.05, 4.69) is 4.72 Å². The van der Waals surface area contributed by atoms with E-state index in [0.29, 0.717) is 0 Å². The van der Waals surface area contributed by atoms with Crippen molar-refractivity contribution in [1.29, 1.82) is 0 Å². The maximum Gasteiger partial charge on any atom is 0.262 e. The molecule has 0 heterocycles. The van der Waals surface area contributed by atoms with Crippen LogP contribution >= 0.6 is 0 Å². The van der Waals surface area contributed by atoms with Crippen molar-refractivity contribution in [3.05, 3.63) is 35.6 Å². The minimum Gasteiger partial charge on any atom is -0.598 e. The van der Waals surface area contributed by atoms with Crippen molar-refractivity contribution in [2.45, 2.75) is 38.0 Å². The van der Waals surface area contributed by atoms with E-state index in [9.17, 15) is 17.7 Å². The molecule has 102 valence electrons. The fourth-order valence-corrected chi connectivity index (χ4v) is 2.08. The number of rotatable bonds is 4. The maximum atomic E-state index is 13.5. The molecule has 6 heteroatoms. The zero-order valence-electron chi connectivity index (χ0n) is 10.4. The molecule has 0 radical (unpaired) electrons. The second-order valence-electron chi connectivity index (χ2n) is 4.83. The van der Waals surface area contributed by atoms with Gasteiger partial charge in [0, 0.05) is 16.9 Å². The number of alkyl halides is 2. The summed E-state index contributed by atoms with van der Waals surface area (Å²) in [7, 11) is 0. The Morgan fingerprint density at radius 1 is 1.22 bits per heavy atom. The number of halogens is 3. The number of hydrogen-bond acceptors (Lipinski definition) is 2. The van der Waals surface area contributed by atoms with Crippen LogP contribution in [0.5, 0.6) is 0 Å². The second kappa shape index (κ2) is 5.95. The Balaban J connectivity index is 2.95. The van der Waals surface area contributed by atoms with Gasteiger partial charge in [0.25, 0.3) is 6.43 Å². The first-order valence-corrected chi connectivity index (χ1v) is 6.59. The molecule has 2 nitrogen and oxygen atoms in total. The van der Waals surface area contributed by atoms with Crippen LogP contribution in [-0.4, -0.2) is 15.7 Å². The molecule has 0 amide bonds. The van der Waals surface area contributed by atoms with Gasteiger partial charge in [-0.05, 0) is 26.8 Å². The van der Waals surface area contributed by atoms with Crippen molar-refractivity contribution in [2.75, 3.05) is 0 Å². The third-order valence-electron chi connectivity index (χ3n) is 2.28. The summed E-state index contributed by atoms with van der Waals surface area (Å²) in [5.74, 6) is -0.735. The summed E-state index contributed by atoms with van der Waals surface area (Å²) < 4.78 is 52.8. The zero-order chi connectivity index (χ0) is 13.9. The number of benzene rings is 1. The predicted molar refractivity (Wildman–Crippen MR) is 66.2 cm³/mol. The van der Waals surface area contributed by atoms with Gasteiger partial charge in [-0.3, -0.25) is 0 Å². The van der Waals surface area contributed by atoms with Crippen LogP contribution in [0, 0.1) is 5.82 Å². The minimum atomic E-state index is -2.84. The van der Waals surface area contributed by atoms with Gasteiger partial charge in [0.1, 0.15) is 16.6 Å². The van der Waals surface area contributed by atoms with Gasteiger partial charge in [0.15, 0.2) is 0 Å². The Kier molecular flexibility index (Phi) is 5.07. The number of nitrogens with one attached hydrogen (secondary N) is 1. The lowest BCUT2D eigenvalue weighted by atomic mass is 10.1. The van der Waals surface area contributed by atoms with E-state index >= 15 is 0 Å². The lowest BCUT2D eigenvalue weighted by Crippen LogP contribution is -2.43. The van der Waals surface area contributed by atoms with E-state index in [1.807, 2.05) is 0 Å². The average molecular weight is 279 g/mol. The summed E-state index contributed by atoms with van der Waals surface area (Å²) in [4.78, 5) is 0. The topological polar surface area (TPSA) is 35.1 Å². The van der Waals surface area contributed by atoms with E-state index in [-0.39, 0.29) is 5.56 Å². The molecule has 0 unspecified atom stereocenters. The molecule has 0 spiro atoms. The van der Waals surface area contributed by atoms with Crippen LogP contribution in [-0.2, 0) is 11.4 Å². The van der Waals surface area contributed by atoms with Gasteiger partial charge >= 0.3 is 0 Å².